The quantitative estimate of drug-likeness (QED) is 0.483. The lowest BCUT2D eigenvalue weighted by Crippen LogP contribution is -2.31. The van der Waals surface area contributed by atoms with Crippen LogP contribution in [-0.4, -0.2) is 29.4 Å². The molecule has 28 heavy (non-hydrogen) atoms. The molecule has 0 spiro atoms. The summed E-state index contributed by atoms with van der Waals surface area (Å²) in [7, 11) is 0. The van der Waals surface area contributed by atoms with Crippen LogP contribution in [0.5, 0.6) is 5.75 Å². The summed E-state index contributed by atoms with van der Waals surface area (Å²) in [5, 5.41) is 0. The predicted molar refractivity (Wildman–Crippen MR) is 114 cm³/mol. The smallest absolute Gasteiger partial charge is 0.268 e. The number of carbonyl (C=O) groups excluding carboxylic acids is 2. The van der Waals surface area contributed by atoms with Crippen molar-refractivity contribution in [2.24, 2.45) is 0 Å². The Hall–Kier alpha value is -2.79. The number of hydrogen-bond acceptors (Lipinski definition) is 4. The fourth-order valence-electron chi connectivity index (χ4n) is 2.94. The molecular formula is C23H23NO3S. The van der Waals surface area contributed by atoms with Crippen LogP contribution in [0.1, 0.15) is 25.0 Å². The Morgan fingerprint density at radius 1 is 1.04 bits per heavy atom. The van der Waals surface area contributed by atoms with Gasteiger partial charge in [0.1, 0.15) is 5.75 Å². The van der Waals surface area contributed by atoms with Gasteiger partial charge in [0.25, 0.3) is 11.8 Å². The van der Waals surface area contributed by atoms with Crippen LogP contribution >= 0.6 is 11.8 Å². The molecule has 3 rings (SSSR count). The van der Waals surface area contributed by atoms with Crippen LogP contribution < -0.4 is 4.74 Å². The van der Waals surface area contributed by atoms with E-state index in [0.717, 1.165) is 16.9 Å². The van der Waals surface area contributed by atoms with E-state index < -0.39 is 0 Å². The molecule has 0 aromatic heterocycles. The van der Waals surface area contributed by atoms with Gasteiger partial charge in [0, 0.05) is 12.3 Å². The Morgan fingerprint density at radius 2 is 1.71 bits per heavy atom. The standard InChI is InChI=1S/C23H23NO3S/c1-4-14-24-22(25)20(18-10-12-19(13-11-18)27-16(2)3)21(23(24)26)28-15-17-8-6-5-7-9-17/h4-13,16H,1,14-15H2,2-3H3. The van der Waals surface area contributed by atoms with Gasteiger partial charge in [-0.1, -0.05) is 48.5 Å². The fourth-order valence-corrected chi connectivity index (χ4v) is 4.03. The van der Waals surface area contributed by atoms with Crippen molar-refractivity contribution in [3.05, 3.63) is 83.3 Å². The first-order valence-electron chi connectivity index (χ1n) is 9.16. The highest BCUT2D eigenvalue weighted by Crippen LogP contribution is 2.37. The highest BCUT2D eigenvalue weighted by molar-refractivity contribution is 8.03. The number of nitrogens with zero attached hydrogens (tertiary/aromatic N) is 1. The van der Waals surface area contributed by atoms with Crippen molar-refractivity contribution in [3.63, 3.8) is 0 Å². The van der Waals surface area contributed by atoms with Crippen LogP contribution in [0, 0.1) is 0 Å². The summed E-state index contributed by atoms with van der Waals surface area (Å²) in [4.78, 5) is 27.5. The Kier molecular flexibility index (Phi) is 6.37. The number of ether oxygens (including phenoxy) is 1. The molecule has 144 valence electrons. The summed E-state index contributed by atoms with van der Waals surface area (Å²) < 4.78 is 5.67. The van der Waals surface area contributed by atoms with Crippen molar-refractivity contribution in [1.82, 2.24) is 4.90 Å². The van der Waals surface area contributed by atoms with E-state index in [4.69, 9.17) is 4.74 Å². The van der Waals surface area contributed by atoms with Gasteiger partial charge in [-0.15, -0.1) is 18.3 Å². The maximum absolute atomic E-state index is 12.9. The molecule has 5 heteroatoms. The maximum Gasteiger partial charge on any atom is 0.268 e. The molecule has 1 aliphatic heterocycles. The van der Waals surface area contributed by atoms with E-state index in [1.807, 2.05) is 68.4 Å². The lowest BCUT2D eigenvalue weighted by atomic mass is 10.1. The van der Waals surface area contributed by atoms with E-state index in [1.165, 1.54) is 16.7 Å². The fraction of sp³-hybridized carbons (Fsp3) is 0.217. The van der Waals surface area contributed by atoms with Crippen molar-refractivity contribution in [3.8, 4) is 5.75 Å². The minimum atomic E-state index is -0.280. The SMILES string of the molecule is C=CCN1C(=O)C(SCc2ccccc2)=C(c2ccc(OC(C)C)cc2)C1=O. The Bertz CT molecular complexity index is 901. The molecule has 0 atom stereocenters. The monoisotopic (exact) mass is 393 g/mol. The van der Waals surface area contributed by atoms with E-state index in [-0.39, 0.29) is 24.5 Å². The molecular weight excluding hydrogens is 370 g/mol. The molecule has 1 heterocycles. The van der Waals surface area contributed by atoms with Crippen molar-refractivity contribution in [2.75, 3.05) is 6.54 Å². The lowest BCUT2D eigenvalue weighted by molar-refractivity contribution is -0.135. The normalized spacial score (nSPS) is 14.2. The van der Waals surface area contributed by atoms with Crippen LogP contribution in [0.15, 0.2) is 72.2 Å². The zero-order valence-corrected chi connectivity index (χ0v) is 16.9. The van der Waals surface area contributed by atoms with Gasteiger partial charge >= 0.3 is 0 Å². The van der Waals surface area contributed by atoms with Gasteiger partial charge < -0.3 is 4.74 Å². The summed E-state index contributed by atoms with van der Waals surface area (Å²) in [6.45, 7) is 7.78. The van der Waals surface area contributed by atoms with E-state index in [1.54, 1.807) is 6.08 Å². The zero-order valence-electron chi connectivity index (χ0n) is 16.1. The second-order valence-corrected chi connectivity index (χ2v) is 7.66. The van der Waals surface area contributed by atoms with E-state index in [9.17, 15) is 9.59 Å². The molecule has 0 fully saturated rings. The van der Waals surface area contributed by atoms with Gasteiger partial charge in [-0.2, -0.15) is 0 Å². The molecule has 2 amide bonds. The number of amides is 2. The average molecular weight is 394 g/mol. The predicted octanol–water partition coefficient (Wildman–Crippen LogP) is 4.67. The molecule has 1 aliphatic rings. The van der Waals surface area contributed by atoms with Crippen molar-refractivity contribution < 1.29 is 14.3 Å². The third kappa shape index (κ3) is 4.37. The van der Waals surface area contributed by atoms with Gasteiger partial charge in [-0.3, -0.25) is 14.5 Å². The molecule has 2 aromatic carbocycles. The number of imide groups is 1. The van der Waals surface area contributed by atoms with Crippen molar-refractivity contribution in [2.45, 2.75) is 25.7 Å². The summed E-state index contributed by atoms with van der Waals surface area (Å²) in [6, 6.07) is 17.2. The third-order valence-electron chi connectivity index (χ3n) is 4.18. The third-order valence-corrected chi connectivity index (χ3v) is 5.32. The maximum atomic E-state index is 12.9. The zero-order chi connectivity index (χ0) is 20.1. The minimum absolute atomic E-state index is 0.0693. The van der Waals surface area contributed by atoms with Crippen molar-refractivity contribution in [1.29, 1.82) is 0 Å². The van der Waals surface area contributed by atoms with Crippen LogP contribution in [0.2, 0.25) is 0 Å². The molecule has 0 radical (unpaired) electrons. The summed E-state index contributed by atoms with van der Waals surface area (Å²) in [5.41, 5.74) is 2.27. The second-order valence-electron chi connectivity index (χ2n) is 6.68. The summed E-state index contributed by atoms with van der Waals surface area (Å²) in [6.07, 6.45) is 1.64. The topological polar surface area (TPSA) is 46.6 Å². The first-order chi connectivity index (χ1) is 13.5. The molecule has 0 bridgehead atoms. The minimum Gasteiger partial charge on any atom is -0.491 e. The number of thioether (sulfide) groups is 1. The van der Waals surface area contributed by atoms with Crippen LogP contribution in [0.4, 0.5) is 0 Å². The van der Waals surface area contributed by atoms with Gasteiger partial charge in [0.2, 0.25) is 0 Å². The highest BCUT2D eigenvalue weighted by atomic mass is 32.2. The summed E-state index contributed by atoms with van der Waals surface area (Å²) >= 11 is 1.40. The number of hydrogen-bond donors (Lipinski definition) is 0. The van der Waals surface area contributed by atoms with Crippen LogP contribution in [0.25, 0.3) is 5.57 Å². The Morgan fingerprint density at radius 3 is 2.32 bits per heavy atom. The summed E-state index contributed by atoms with van der Waals surface area (Å²) in [5.74, 6) is 0.814. The van der Waals surface area contributed by atoms with Gasteiger partial charge in [-0.05, 0) is 37.1 Å². The number of benzene rings is 2. The molecule has 0 saturated heterocycles. The second kappa shape index (κ2) is 8.93. The largest absolute Gasteiger partial charge is 0.491 e. The van der Waals surface area contributed by atoms with E-state index >= 15 is 0 Å². The first-order valence-corrected chi connectivity index (χ1v) is 10.1. The van der Waals surface area contributed by atoms with Gasteiger partial charge in [-0.25, -0.2) is 0 Å². The van der Waals surface area contributed by atoms with Gasteiger partial charge in [0.05, 0.1) is 16.6 Å². The Labute approximate surface area is 169 Å². The van der Waals surface area contributed by atoms with E-state index in [0.29, 0.717) is 16.2 Å². The molecule has 0 aliphatic carbocycles. The molecule has 4 nitrogen and oxygen atoms in total. The highest BCUT2D eigenvalue weighted by Gasteiger charge is 2.38. The van der Waals surface area contributed by atoms with Crippen molar-refractivity contribution >= 4 is 29.1 Å². The van der Waals surface area contributed by atoms with Crippen LogP contribution in [0.3, 0.4) is 0 Å². The molecule has 0 saturated carbocycles. The lowest BCUT2D eigenvalue weighted by Gasteiger charge is -2.12. The number of carbonyl (C=O) groups is 2. The number of rotatable bonds is 8. The first kappa shape index (κ1) is 20.0. The average Bonchev–Trinajstić information content (AvgIpc) is 2.92. The van der Waals surface area contributed by atoms with Gasteiger partial charge in [0.15, 0.2) is 0 Å². The van der Waals surface area contributed by atoms with Crippen LogP contribution in [-0.2, 0) is 15.3 Å². The van der Waals surface area contributed by atoms with E-state index in [2.05, 4.69) is 6.58 Å². The molecule has 2 aromatic rings. The molecule has 0 unspecified atom stereocenters. The Balaban J connectivity index is 1.93. The molecule has 0 N–H and O–H groups in total.